The lowest BCUT2D eigenvalue weighted by atomic mass is 10.1. The van der Waals surface area contributed by atoms with Gasteiger partial charge in [0, 0.05) is 6.42 Å². The molecule has 6 heteroatoms. The van der Waals surface area contributed by atoms with Crippen LogP contribution in [0.25, 0.3) is 0 Å². The number of anilines is 1. The minimum absolute atomic E-state index is 0.184. The van der Waals surface area contributed by atoms with Crippen LogP contribution >= 0.6 is 0 Å². The molecule has 110 valence electrons. The van der Waals surface area contributed by atoms with Crippen molar-refractivity contribution < 1.29 is 17.5 Å². The number of hydroxylamine groups is 1. The topological polar surface area (TPSA) is 63.7 Å². The van der Waals surface area contributed by atoms with E-state index in [9.17, 15) is 13.2 Å². The summed E-state index contributed by atoms with van der Waals surface area (Å²) in [5.41, 5.74) is 1.23. The SMILES string of the molecule is CCCCc1ccc2cc1S(=O)(=O)ON2C(=O)CCC. The van der Waals surface area contributed by atoms with Gasteiger partial charge in [0.1, 0.15) is 4.90 Å². The minimum atomic E-state index is -3.89. The van der Waals surface area contributed by atoms with Crippen molar-refractivity contribution in [2.45, 2.75) is 50.8 Å². The van der Waals surface area contributed by atoms with Gasteiger partial charge in [-0.1, -0.05) is 26.3 Å². The fourth-order valence-corrected chi connectivity index (χ4v) is 3.36. The number of nitrogens with zero attached hydrogens (tertiary/aromatic N) is 1. The molecule has 2 rings (SSSR count). The Hall–Kier alpha value is -1.40. The molecule has 1 heterocycles. The smallest absolute Gasteiger partial charge is 0.272 e. The molecule has 0 radical (unpaired) electrons. The highest BCUT2D eigenvalue weighted by Gasteiger charge is 2.33. The molecule has 1 aromatic rings. The van der Waals surface area contributed by atoms with Crippen molar-refractivity contribution in [3.05, 3.63) is 23.8 Å². The van der Waals surface area contributed by atoms with Crippen LogP contribution < -0.4 is 5.06 Å². The van der Waals surface area contributed by atoms with E-state index >= 15 is 0 Å². The first-order valence-electron chi connectivity index (χ1n) is 6.90. The summed E-state index contributed by atoms with van der Waals surface area (Å²) >= 11 is 0. The molecule has 5 nitrogen and oxygen atoms in total. The zero-order chi connectivity index (χ0) is 14.8. The first-order chi connectivity index (χ1) is 9.49. The van der Waals surface area contributed by atoms with Crippen molar-refractivity contribution in [1.29, 1.82) is 0 Å². The Morgan fingerprint density at radius 2 is 2.00 bits per heavy atom. The molecule has 0 unspecified atom stereocenters. The largest absolute Gasteiger partial charge is 0.318 e. The average Bonchev–Trinajstić information content (AvgIpc) is 2.42. The van der Waals surface area contributed by atoms with Gasteiger partial charge in [-0.25, -0.2) is 0 Å². The molecular weight excluding hydrogens is 278 g/mol. The average molecular weight is 297 g/mol. The lowest BCUT2D eigenvalue weighted by molar-refractivity contribution is -0.122. The molecule has 1 amide bonds. The Morgan fingerprint density at radius 1 is 1.25 bits per heavy atom. The summed E-state index contributed by atoms with van der Waals surface area (Å²) in [7, 11) is -3.89. The van der Waals surface area contributed by atoms with E-state index < -0.39 is 10.1 Å². The molecule has 1 aromatic carbocycles. The van der Waals surface area contributed by atoms with Crippen molar-refractivity contribution in [3.63, 3.8) is 0 Å². The van der Waals surface area contributed by atoms with E-state index in [1.54, 1.807) is 12.1 Å². The first kappa shape index (κ1) is 15.0. The van der Waals surface area contributed by atoms with Gasteiger partial charge in [-0.05, 0) is 37.0 Å². The van der Waals surface area contributed by atoms with E-state index in [2.05, 4.69) is 6.92 Å². The molecule has 0 aliphatic carbocycles. The van der Waals surface area contributed by atoms with Crippen molar-refractivity contribution in [1.82, 2.24) is 0 Å². The monoisotopic (exact) mass is 297 g/mol. The molecule has 0 atom stereocenters. The Morgan fingerprint density at radius 3 is 2.65 bits per heavy atom. The number of carbonyl (C=O) groups excluding carboxylic acids is 1. The van der Waals surface area contributed by atoms with Crippen LogP contribution in [0.15, 0.2) is 23.1 Å². The molecular formula is C14H19NO4S. The van der Waals surface area contributed by atoms with Crippen molar-refractivity contribution in [2.75, 3.05) is 5.06 Å². The number of aryl methyl sites for hydroxylation is 1. The van der Waals surface area contributed by atoms with Gasteiger partial charge in [-0.2, -0.15) is 13.5 Å². The highest BCUT2D eigenvalue weighted by Crippen LogP contribution is 2.32. The highest BCUT2D eigenvalue weighted by molar-refractivity contribution is 7.87. The number of hydrogen-bond donors (Lipinski definition) is 0. The molecule has 20 heavy (non-hydrogen) atoms. The number of rotatable bonds is 5. The van der Waals surface area contributed by atoms with E-state index in [0.29, 0.717) is 18.5 Å². The zero-order valence-electron chi connectivity index (χ0n) is 11.8. The van der Waals surface area contributed by atoms with Crippen molar-refractivity contribution in [2.24, 2.45) is 0 Å². The number of amides is 1. The Balaban J connectivity index is 2.38. The van der Waals surface area contributed by atoms with E-state index in [1.165, 1.54) is 6.07 Å². The summed E-state index contributed by atoms with van der Waals surface area (Å²) in [5.74, 6) is -0.344. The lowest BCUT2D eigenvalue weighted by Crippen LogP contribution is -2.36. The molecule has 0 N–H and O–H groups in total. The maximum atomic E-state index is 12.1. The van der Waals surface area contributed by atoms with Crippen LogP contribution in [0.3, 0.4) is 0 Å². The van der Waals surface area contributed by atoms with Crippen LogP contribution in [0.4, 0.5) is 5.69 Å². The fourth-order valence-electron chi connectivity index (χ4n) is 2.16. The second-order valence-corrected chi connectivity index (χ2v) is 6.36. The number of unbranched alkanes of at least 4 members (excludes halogenated alkanes) is 1. The molecule has 0 fully saturated rings. The molecule has 0 saturated heterocycles. The van der Waals surface area contributed by atoms with Crippen molar-refractivity contribution in [3.8, 4) is 0 Å². The molecule has 0 aromatic heterocycles. The third-order valence-corrected chi connectivity index (χ3v) is 4.48. The maximum absolute atomic E-state index is 12.1. The van der Waals surface area contributed by atoms with Crippen LogP contribution in [0.5, 0.6) is 0 Å². The second-order valence-electron chi connectivity index (χ2n) is 4.86. The van der Waals surface area contributed by atoms with Gasteiger partial charge in [0.25, 0.3) is 5.91 Å². The number of fused-ring (bicyclic) bond motifs is 2. The van der Waals surface area contributed by atoms with E-state index in [-0.39, 0.29) is 17.2 Å². The number of hydrogen-bond acceptors (Lipinski definition) is 4. The molecule has 0 saturated carbocycles. The fraction of sp³-hybridized carbons (Fsp3) is 0.500. The summed E-state index contributed by atoms with van der Waals surface area (Å²) in [6.45, 7) is 3.91. The summed E-state index contributed by atoms with van der Waals surface area (Å²) in [4.78, 5) is 12.1. The Kier molecular flexibility index (Phi) is 4.45. The number of benzene rings is 1. The standard InChI is InChI=1S/C14H19NO4S/c1-3-5-7-11-8-9-12-10-13(11)20(17,18)19-15(12)14(16)6-4-2/h8-10H,3-7H2,1-2H3. The highest BCUT2D eigenvalue weighted by atomic mass is 32.2. The Labute approximate surface area is 119 Å². The van der Waals surface area contributed by atoms with Gasteiger partial charge in [-0.15, -0.1) is 4.28 Å². The second kappa shape index (κ2) is 5.93. The summed E-state index contributed by atoms with van der Waals surface area (Å²) < 4.78 is 29.2. The number of carbonyl (C=O) groups is 1. The van der Waals surface area contributed by atoms with Crippen LogP contribution in [0.2, 0.25) is 0 Å². The van der Waals surface area contributed by atoms with Gasteiger partial charge in [0.15, 0.2) is 0 Å². The van der Waals surface area contributed by atoms with Gasteiger partial charge >= 0.3 is 10.1 Å². The van der Waals surface area contributed by atoms with Crippen LogP contribution in [0, 0.1) is 0 Å². The molecule has 2 bridgehead atoms. The summed E-state index contributed by atoms with van der Waals surface area (Å²) in [6, 6.07) is 5.03. The van der Waals surface area contributed by atoms with E-state index in [4.69, 9.17) is 4.28 Å². The van der Waals surface area contributed by atoms with Crippen LogP contribution in [-0.2, 0) is 25.6 Å². The van der Waals surface area contributed by atoms with Gasteiger partial charge in [-0.3, -0.25) is 4.79 Å². The minimum Gasteiger partial charge on any atom is -0.272 e. The molecule has 0 spiro atoms. The first-order valence-corrected chi connectivity index (χ1v) is 8.31. The Bertz CT molecular complexity index is 610. The molecule has 1 aliphatic rings. The van der Waals surface area contributed by atoms with Gasteiger partial charge in [0.05, 0.1) is 5.69 Å². The van der Waals surface area contributed by atoms with E-state index in [0.717, 1.165) is 23.5 Å². The summed E-state index contributed by atoms with van der Waals surface area (Å²) in [5, 5.41) is 0.884. The van der Waals surface area contributed by atoms with Gasteiger partial charge in [0.2, 0.25) is 0 Å². The van der Waals surface area contributed by atoms with E-state index in [1.807, 2.05) is 6.92 Å². The zero-order valence-corrected chi connectivity index (χ0v) is 12.6. The maximum Gasteiger partial charge on any atom is 0.318 e. The van der Waals surface area contributed by atoms with Crippen molar-refractivity contribution >= 4 is 21.7 Å². The molecule has 1 aliphatic heterocycles. The lowest BCUT2D eigenvalue weighted by Gasteiger charge is -2.26. The van der Waals surface area contributed by atoms with Gasteiger partial charge < -0.3 is 0 Å². The third-order valence-electron chi connectivity index (χ3n) is 3.22. The predicted octanol–water partition coefficient (Wildman–Crippen LogP) is 2.80. The third kappa shape index (κ3) is 2.86. The normalized spacial score (nSPS) is 16.2. The van der Waals surface area contributed by atoms with Crippen LogP contribution in [-0.4, -0.2) is 14.3 Å². The summed E-state index contributed by atoms with van der Waals surface area (Å²) in [6.07, 6.45) is 3.49. The predicted molar refractivity (Wildman–Crippen MR) is 75.7 cm³/mol. The van der Waals surface area contributed by atoms with Crippen LogP contribution in [0.1, 0.15) is 45.1 Å². The quantitative estimate of drug-likeness (QED) is 0.838.